The summed E-state index contributed by atoms with van der Waals surface area (Å²) in [6.07, 6.45) is 0. The Hall–Kier alpha value is -2.16. The molecular formula is C20H16N2O3S3. The molecule has 8 heteroatoms. The van der Waals surface area contributed by atoms with E-state index in [1.165, 1.54) is 28.4 Å². The Bertz CT molecular complexity index is 1010. The first-order valence-corrected chi connectivity index (χ1v) is 11.7. The van der Waals surface area contributed by atoms with Gasteiger partial charge in [0.2, 0.25) is 6.79 Å². The standard InChI is InChI=1S/C20H16N2O3S3/c23-18(12-1-3-13(4-2-12)19-26-7-8-27-19)22-20-21-15(10-28-20)14-5-6-16-17(9-14)25-11-24-16/h1-6,9-10,19H,7-8,11H2,(H,21,22,23). The van der Waals surface area contributed by atoms with Crippen molar-refractivity contribution in [1.29, 1.82) is 0 Å². The largest absolute Gasteiger partial charge is 0.454 e. The van der Waals surface area contributed by atoms with Crippen LogP contribution in [0.4, 0.5) is 5.13 Å². The molecule has 28 heavy (non-hydrogen) atoms. The van der Waals surface area contributed by atoms with Gasteiger partial charge in [-0.3, -0.25) is 10.1 Å². The highest BCUT2D eigenvalue weighted by atomic mass is 32.2. The van der Waals surface area contributed by atoms with Crippen LogP contribution in [0.1, 0.15) is 20.5 Å². The third kappa shape index (κ3) is 3.59. The number of benzene rings is 2. The highest BCUT2D eigenvalue weighted by molar-refractivity contribution is 8.19. The van der Waals surface area contributed by atoms with Gasteiger partial charge in [-0.1, -0.05) is 12.1 Å². The van der Waals surface area contributed by atoms with Crippen molar-refractivity contribution in [3.63, 3.8) is 0 Å². The van der Waals surface area contributed by atoms with Crippen molar-refractivity contribution in [2.75, 3.05) is 23.6 Å². The minimum absolute atomic E-state index is 0.148. The Morgan fingerprint density at radius 1 is 1.04 bits per heavy atom. The van der Waals surface area contributed by atoms with Crippen LogP contribution in [0.2, 0.25) is 0 Å². The van der Waals surface area contributed by atoms with Crippen LogP contribution in [-0.2, 0) is 0 Å². The van der Waals surface area contributed by atoms with E-state index in [9.17, 15) is 4.79 Å². The van der Waals surface area contributed by atoms with E-state index in [2.05, 4.69) is 10.3 Å². The number of aromatic nitrogens is 1. The monoisotopic (exact) mass is 428 g/mol. The van der Waals surface area contributed by atoms with Gasteiger partial charge in [0, 0.05) is 28.0 Å². The molecule has 2 aliphatic heterocycles. The summed E-state index contributed by atoms with van der Waals surface area (Å²) in [7, 11) is 0. The second-order valence-electron chi connectivity index (χ2n) is 6.26. The zero-order chi connectivity index (χ0) is 18.9. The third-order valence-electron chi connectivity index (χ3n) is 4.46. The molecule has 2 aromatic carbocycles. The van der Waals surface area contributed by atoms with E-state index < -0.39 is 0 Å². The van der Waals surface area contributed by atoms with E-state index >= 15 is 0 Å². The quantitative estimate of drug-likeness (QED) is 0.611. The Morgan fingerprint density at radius 2 is 1.82 bits per heavy atom. The number of thioether (sulfide) groups is 2. The van der Waals surface area contributed by atoms with Gasteiger partial charge < -0.3 is 9.47 Å². The maximum Gasteiger partial charge on any atom is 0.257 e. The van der Waals surface area contributed by atoms with E-state index in [-0.39, 0.29) is 12.7 Å². The molecule has 1 saturated heterocycles. The first kappa shape index (κ1) is 17.9. The van der Waals surface area contributed by atoms with Crippen molar-refractivity contribution in [2.24, 2.45) is 0 Å². The summed E-state index contributed by atoms with van der Waals surface area (Å²) in [6.45, 7) is 0.244. The van der Waals surface area contributed by atoms with Gasteiger partial charge in [-0.15, -0.1) is 34.9 Å². The number of carbonyl (C=O) groups excluding carboxylic acids is 1. The lowest BCUT2D eigenvalue weighted by Gasteiger charge is -2.09. The average molecular weight is 429 g/mol. The van der Waals surface area contributed by atoms with E-state index in [1.807, 2.05) is 71.4 Å². The Morgan fingerprint density at radius 3 is 2.64 bits per heavy atom. The van der Waals surface area contributed by atoms with Crippen molar-refractivity contribution in [3.05, 3.63) is 59.0 Å². The summed E-state index contributed by atoms with van der Waals surface area (Å²) >= 11 is 5.32. The number of nitrogens with zero attached hydrogens (tertiary/aromatic N) is 1. The van der Waals surface area contributed by atoms with E-state index in [0.717, 1.165) is 22.8 Å². The highest BCUT2D eigenvalue weighted by Crippen LogP contribution is 2.45. The molecule has 1 N–H and O–H groups in total. The normalized spacial score (nSPS) is 15.7. The molecule has 3 heterocycles. The molecule has 1 amide bonds. The lowest BCUT2D eigenvalue weighted by Crippen LogP contribution is -2.11. The van der Waals surface area contributed by atoms with Gasteiger partial charge in [0.15, 0.2) is 16.6 Å². The van der Waals surface area contributed by atoms with Crippen LogP contribution in [0.3, 0.4) is 0 Å². The number of fused-ring (bicyclic) bond motifs is 1. The van der Waals surface area contributed by atoms with Gasteiger partial charge in [0.05, 0.1) is 10.3 Å². The summed E-state index contributed by atoms with van der Waals surface area (Å²) in [5.74, 6) is 3.69. The van der Waals surface area contributed by atoms with Gasteiger partial charge in [-0.05, 0) is 35.9 Å². The number of rotatable bonds is 4. The fraction of sp³-hybridized carbons (Fsp3) is 0.200. The molecule has 0 bridgehead atoms. The first-order chi connectivity index (χ1) is 13.8. The Labute approximate surface area is 174 Å². The van der Waals surface area contributed by atoms with E-state index in [1.54, 1.807) is 0 Å². The summed E-state index contributed by atoms with van der Waals surface area (Å²) < 4.78 is 11.2. The van der Waals surface area contributed by atoms with Crippen molar-refractivity contribution in [1.82, 2.24) is 4.98 Å². The molecule has 5 nitrogen and oxygen atoms in total. The SMILES string of the molecule is O=C(Nc1nc(-c2ccc3c(c2)OCO3)cs1)c1ccc(C2SCCS2)cc1. The van der Waals surface area contributed by atoms with Crippen LogP contribution in [0, 0.1) is 0 Å². The van der Waals surface area contributed by atoms with Gasteiger partial charge in [0.25, 0.3) is 5.91 Å². The molecule has 5 rings (SSSR count). The van der Waals surface area contributed by atoms with E-state index in [0.29, 0.717) is 15.3 Å². The molecule has 3 aromatic rings. The number of amides is 1. The minimum Gasteiger partial charge on any atom is -0.454 e. The predicted octanol–water partition coefficient (Wildman–Crippen LogP) is 5.27. The zero-order valence-electron chi connectivity index (χ0n) is 14.7. The first-order valence-electron chi connectivity index (χ1n) is 8.76. The lowest BCUT2D eigenvalue weighted by molar-refractivity contribution is 0.102. The van der Waals surface area contributed by atoms with E-state index in [4.69, 9.17) is 9.47 Å². The Kier molecular flexibility index (Phi) is 4.92. The third-order valence-corrected chi connectivity index (χ3v) is 8.32. The fourth-order valence-electron chi connectivity index (χ4n) is 3.03. The molecule has 0 unspecified atom stereocenters. The number of nitrogens with one attached hydrogen (secondary N) is 1. The number of hydrogen-bond acceptors (Lipinski definition) is 7. The molecule has 0 atom stereocenters. The summed E-state index contributed by atoms with van der Waals surface area (Å²) in [4.78, 5) is 17.1. The molecule has 142 valence electrons. The molecule has 1 aromatic heterocycles. The molecular weight excluding hydrogens is 412 g/mol. The number of hydrogen-bond donors (Lipinski definition) is 1. The topological polar surface area (TPSA) is 60.5 Å². The Balaban J connectivity index is 1.28. The van der Waals surface area contributed by atoms with Crippen LogP contribution < -0.4 is 14.8 Å². The maximum atomic E-state index is 12.6. The van der Waals surface area contributed by atoms with Crippen LogP contribution >= 0.6 is 34.9 Å². The summed E-state index contributed by atoms with van der Waals surface area (Å²) in [5, 5.41) is 5.39. The minimum atomic E-state index is -0.148. The molecule has 0 saturated carbocycles. The molecule has 0 aliphatic carbocycles. The van der Waals surface area contributed by atoms with Gasteiger partial charge in [-0.2, -0.15) is 0 Å². The average Bonchev–Trinajstić information content (AvgIpc) is 3.48. The van der Waals surface area contributed by atoms with Gasteiger partial charge >= 0.3 is 0 Å². The van der Waals surface area contributed by atoms with Crippen LogP contribution in [0.15, 0.2) is 47.8 Å². The lowest BCUT2D eigenvalue weighted by atomic mass is 10.1. The van der Waals surface area contributed by atoms with Crippen molar-refractivity contribution < 1.29 is 14.3 Å². The fourth-order valence-corrected chi connectivity index (χ4v) is 6.61. The molecule has 2 aliphatic rings. The summed E-state index contributed by atoms with van der Waals surface area (Å²) in [6, 6.07) is 13.6. The number of carbonyl (C=O) groups is 1. The summed E-state index contributed by atoms with van der Waals surface area (Å²) in [5.41, 5.74) is 3.63. The van der Waals surface area contributed by atoms with Gasteiger partial charge in [-0.25, -0.2) is 4.98 Å². The predicted molar refractivity (Wildman–Crippen MR) is 116 cm³/mol. The molecule has 1 fully saturated rings. The van der Waals surface area contributed by atoms with Crippen LogP contribution in [0.25, 0.3) is 11.3 Å². The maximum absolute atomic E-state index is 12.6. The van der Waals surface area contributed by atoms with Crippen LogP contribution in [-0.4, -0.2) is 29.2 Å². The smallest absolute Gasteiger partial charge is 0.257 e. The van der Waals surface area contributed by atoms with Crippen molar-refractivity contribution in [2.45, 2.75) is 4.58 Å². The zero-order valence-corrected chi connectivity index (χ0v) is 17.2. The second-order valence-corrected chi connectivity index (χ2v) is 9.84. The number of thiazole rings is 1. The highest BCUT2D eigenvalue weighted by Gasteiger charge is 2.19. The van der Waals surface area contributed by atoms with Crippen molar-refractivity contribution >= 4 is 45.9 Å². The molecule has 0 spiro atoms. The second kappa shape index (κ2) is 7.69. The number of anilines is 1. The van der Waals surface area contributed by atoms with Crippen molar-refractivity contribution in [3.8, 4) is 22.8 Å². The van der Waals surface area contributed by atoms with Crippen LogP contribution in [0.5, 0.6) is 11.5 Å². The molecule has 0 radical (unpaired) electrons. The van der Waals surface area contributed by atoms with Gasteiger partial charge in [0.1, 0.15) is 0 Å². The number of ether oxygens (including phenoxy) is 2.